The number of hydrazone groups is 1. The van der Waals surface area contributed by atoms with Gasteiger partial charge in [-0.15, -0.1) is 10.2 Å². The summed E-state index contributed by atoms with van der Waals surface area (Å²) in [5.74, 6) is 0.107. The highest BCUT2D eigenvalue weighted by Crippen LogP contribution is 2.20. The van der Waals surface area contributed by atoms with Crippen molar-refractivity contribution < 1.29 is 9.85 Å². The molecule has 0 saturated carbocycles. The largest absolute Gasteiger partial charge is 0.276 e. The van der Waals surface area contributed by atoms with Crippen LogP contribution in [0.2, 0.25) is 0 Å². The van der Waals surface area contributed by atoms with Gasteiger partial charge in [0.2, 0.25) is 5.84 Å². The van der Waals surface area contributed by atoms with Crippen molar-refractivity contribution in [1.82, 2.24) is 0 Å². The first-order valence-electron chi connectivity index (χ1n) is 8.33. The van der Waals surface area contributed by atoms with Crippen molar-refractivity contribution in [3.8, 4) is 0 Å². The molecule has 10 heteroatoms. The molecular weight excluding hydrogens is 376 g/mol. The van der Waals surface area contributed by atoms with E-state index in [1.54, 1.807) is 18.2 Å². The molecule has 0 bridgehead atoms. The van der Waals surface area contributed by atoms with Gasteiger partial charge in [0.25, 0.3) is 11.4 Å². The Hall–Kier alpha value is -4.47. The molecule has 0 fully saturated rings. The van der Waals surface area contributed by atoms with Crippen LogP contribution in [0.1, 0.15) is 5.56 Å². The Labute approximate surface area is 164 Å². The van der Waals surface area contributed by atoms with Crippen LogP contribution in [0.25, 0.3) is 0 Å². The molecule has 0 atom stereocenters. The summed E-state index contributed by atoms with van der Waals surface area (Å²) in [5.41, 5.74) is 4.10. The second-order valence-corrected chi connectivity index (χ2v) is 5.69. The number of nitrogens with one attached hydrogen (secondary N) is 1. The number of benzene rings is 3. The van der Waals surface area contributed by atoms with Crippen molar-refractivity contribution >= 4 is 28.6 Å². The van der Waals surface area contributed by atoms with E-state index in [4.69, 9.17) is 0 Å². The molecule has 29 heavy (non-hydrogen) atoms. The van der Waals surface area contributed by atoms with Gasteiger partial charge in [-0.25, -0.2) is 0 Å². The SMILES string of the molecule is O=[N+]([O-])c1ccc(N=NC(=NNc2ccccc2)c2cccc([N+](=O)[O-])c2)cc1. The molecule has 0 aromatic heterocycles. The number of hydrogen-bond donors (Lipinski definition) is 1. The standard InChI is InChI=1S/C19H14N6O4/c26-24(27)17-11-9-16(10-12-17)21-23-19(22-20-15-6-2-1-3-7-15)14-5-4-8-18(13-14)25(28)29/h1-13,20H. The second-order valence-electron chi connectivity index (χ2n) is 5.69. The maximum Gasteiger partial charge on any atom is 0.270 e. The first-order valence-corrected chi connectivity index (χ1v) is 8.33. The second kappa shape index (κ2) is 8.95. The van der Waals surface area contributed by atoms with Crippen LogP contribution in [0, 0.1) is 20.2 Å². The number of azo groups is 1. The summed E-state index contributed by atoms with van der Waals surface area (Å²) >= 11 is 0. The zero-order valence-corrected chi connectivity index (χ0v) is 14.9. The van der Waals surface area contributed by atoms with Crippen LogP contribution < -0.4 is 5.43 Å². The van der Waals surface area contributed by atoms with Crippen LogP contribution >= 0.6 is 0 Å². The van der Waals surface area contributed by atoms with Crippen LogP contribution in [0.15, 0.2) is 94.2 Å². The van der Waals surface area contributed by atoms with E-state index >= 15 is 0 Å². The van der Waals surface area contributed by atoms with E-state index in [1.807, 2.05) is 18.2 Å². The number of anilines is 1. The molecule has 0 spiro atoms. The van der Waals surface area contributed by atoms with E-state index in [0.29, 0.717) is 16.9 Å². The molecule has 0 unspecified atom stereocenters. The highest BCUT2D eigenvalue weighted by atomic mass is 16.6. The fourth-order valence-electron chi connectivity index (χ4n) is 2.28. The summed E-state index contributed by atoms with van der Waals surface area (Å²) in [7, 11) is 0. The highest BCUT2D eigenvalue weighted by molar-refractivity contribution is 6.00. The number of hydrogen-bond acceptors (Lipinski definition) is 7. The summed E-state index contributed by atoms with van der Waals surface area (Å²) in [6.45, 7) is 0. The summed E-state index contributed by atoms with van der Waals surface area (Å²) in [6.07, 6.45) is 0. The predicted octanol–water partition coefficient (Wildman–Crippen LogP) is 5.06. The van der Waals surface area contributed by atoms with Crippen LogP contribution in [0.5, 0.6) is 0 Å². The maximum atomic E-state index is 11.1. The number of rotatable bonds is 6. The Morgan fingerprint density at radius 2 is 1.48 bits per heavy atom. The number of nitro groups is 2. The Kier molecular flexibility index (Phi) is 5.96. The lowest BCUT2D eigenvalue weighted by molar-refractivity contribution is -0.385. The molecule has 0 saturated heterocycles. The van der Waals surface area contributed by atoms with Crippen LogP contribution in [0.3, 0.4) is 0 Å². The molecule has 0 amide bonds. The highest BCUT2D eigenvalue weighted by Gasteiger charge is 2.11. The van der Waals surface area contributed by atoms with Gasteiger partial charge in [0.1, 0.15) is 0 Å². The number of non-ortho nitro benzene ring substituents is 2. The zero-order chi connectivity index (χ0) is 20.6. The van der Waals surface area contributed by atoms with Gasteiger partial charge in [0.15, 0.2) is 0 Å². The first kappa shape index (κ1) is 19.3. The number of nitro benzene ring substituents is 2. The van der Waals surface area contributed by atoms with Crippen molar-refractivity contribution in [2.24, 2.45) is 15.3 Å². The fraction of sp³-hybridized carbons (Fsp3) is 0. The minimum absolute atomic E-state index is 0.0673. The lowest BCUT2D eigenvalue weighted by Crippen LogP contribution is -2.02. The molecule has 0 aliphatic carbocycles. The van der Waals surface area contributed by atoms with Gasteiger partial charge < -0.3 is 0 Å². The fourth-order valence-corrected chi connectivity index (χ4v) is 2.28. The molecule has 0 radical (unpaired) electrons. The van der Waals surface area contributed by atoms with Gasteiger partial charge in [0.05, 0.1) is 21.2 Å². The molecule has 10 nitrogen and oxygen atoms in total. The van der Waals surface area contributed by atoms with Crippen molar-refractivity contribution in [1.29, 1.82) is 0 Å². The Morgan fingerprint density at radius 3 is 2.14 bits per heavy atom. The molecule has 3 aromatic rings. The lowest BCUT2D eigenvalue weighted by atomic mass is 10.2. The molecule has 0 aliphatic rings. The average Bonchev–Trinajstić information content (AvgIpc) is 2.75. The van der Waals surface area contributed by atoms with Crippen LogP contribution in [-0.2, 0) is 0 Å². The minimum Gasteiger partial charge on any atom is -0.276 e. The smallest absolute Gasteiger partial charge is 0.270 e. The van der Waals surface area contributed by atoms with Crippen molar-refractivity contribution in [2.45, 2.75) is 0 Å². The van der Waals surface area contributed by atoms with E-state index < -0.39 is 9.85 Å². The van der Waals surface area contributed by atoms with Gasteiger partial charge in [-0.1, -0.05) is 30.3 Å². The topological polar surface area (TPSA) is 135 Å². The zero-order valence-electron chi connectivity index (χ0n) is 14.9. The molecule has 3 rings (SSSR count). The van der Waals surface area contributed by atoms with E-state index in [9.17, 15) is 20.2 Å². The van der Waals surface area contributed by atoms with Gasteiger partial charge in [-0.3, -0.25) is 25.7 Å². The van der Waals surface area contributed by atoms with Crippen molar-refractivity contribution in [2.75, 3.05) is 5.43 Å². The predicted molar refractivity (Wildman–Crippen MR) is 107 cm³/mol. The number of amidine groups is 1. The summed E-state index contributed by atoms with van der Waals surface area (Å²) in [6, 6.07) is 20.4. The maximum absolute atomic E-state index is 11.1. The molecular formula is C19H14N6O4. The van der Waals surface area contributed by atoms with E-state index in [2.05, 4.69) is 20.8 Å². The number of para-hydroxylation sites is 1. The quantitative estimate of drug-likeness (QED) is 0.206. The summed E-state index contributed by atoms with van der Waals surface area (Å²) in [4.78, 5) is 20.8. The third-order valence-corrected chi connectivity index (χ3v) is 3.70. The molecule has 1 N–H and O–H groups in total. The van der Waals surface area contributed by atoms with Crippen molar-refractivity contribution in [3.63, 3.8) is 0 Å². The Balaban J connectivity index is 1.92. The van der Waals surface area contributed by atoms with Gasteiger partial charge in [-0.05, 0) is 24.3 Å². The van der Waals surface area contributed by atoms with E-state index in [1.165, 1.54) is 42.5 Å². The van der Waals surface area contributed by atoms with Crippen LogP contribution in [0.4, 0.5) is 22.7 Å². The lowest BCUT2D eigenvalue weighted by Gasteiger charge is -2.03. The Morgan fingerprint density at radius 1 is 0.793 bits per heavy atom. The monoisotopic (exact) mass is 390 g/mol. The van der Waals surface area contributed by atoms with Crippen LogP contribution in [-0.4, -0.2) is 15.7 Å². The molecule has 0 heterocycles. The van der Waals surface area contributed by atoms with Gasteiger partial charge >= 0.3 is 0 Å². The summed E-state index contributed by atoms with van der Waals surface area (Å²) in [5, 5.41) is 34.1. The van der Waals surface area contributed by atoms with E-state index in [-0.39, 0.29) is 17.2 Å². The third-order valence-electron chi connectivity index (χ3n) is 3.70. The minimum atomic E-state index is -0.515. The normalized spacial score (nSPS) is 11.4. The van der Waals surface area contributed by atoms with Gasteiger partial charge in [0, 0.05) is 29.8 Å². The molecule has 144 valence electrons. The third kappa shape index (κ3) is 5.26. The first-order chi connectivity index (χ1) is 14.0. The van der Waals surface area contributed by atoms with Crippen molar-refractivity contribution in [3.05, 3.63) is 105 Å². The van der Waals surface area contributed by atoms with Gasteiger partial charge in [-0.2, -0.15) is 5.10 Å². The summed E-state index contributed by atoms with van der Waals surface area (Å²) < 4.78 is 0. The molecule has 0 aliphatic heterocycles. The average molecular weight is 390 g/mol. The molecule has 3 aromatic carbocycles. The number of nitrogens with zero attached hydrogens (tertiary/aromatic N) is 5. The Bertz CT molecular complexity index is 1080. The van der Waals surface area contributed by atoms with E-state index in [0.717, 1.165) is 0 Å².